The standard InChI is InChI=1S/C8H10N.ClH/c1-2-6-9-7-4-3-5-8-9;/h2-8H,1H3;1H/q+1;/p-1. The average Bonchev–Trinajstić information content (AvgIpc) is 1.91. The zero-order chi connectivity index (χ0) is 6.53. The van der Waals surface area contributed by atoms with E-state index in [1.54, 1.807) is 0 Å². The van der Waals surface area contributed by atoms with E-state index in [0.29, 0.717) is 0 Å². The molecule has 0 aromatic carbocycles. The number of hydrogen-bond donors (Lipinski definition) is 0. The van der Waals surface area contributed by atoms with Gasteiger partial charge in [-0.2, -0.15) is 4.57 Å². The summed E-state index contributed by atoms with van der Waals surface area (Å²) in [6, 6.07) is 6.00. The van der Waals surface area contributed by atoms with E-state index in [0.717, 1.165) is 0 Å². The van der Waals surface area contributed by atoms with Gasteiger partial charge in [0.2, 0.25) is 0 Å². The van der Waals surface area contributed by atoms with Crippen LogP contribution < -0.4 is 17.0 Å². The van der Waals surface area contributed by atoms with Gasteiger partial charge in [-0.3, -0.25) is 0 Å². The fourth-order valence-electron chi connectivity index (χ4n) is 0.683. The molecular formula is C8H10ClN. The van der Waals surface area contributed by atoms with Gasteiger partial charge >= 0.3 is 0 Å². The van der Waals surface area contributed by atoms with Gasteiger partial charge in [0.25, 0.3) is 0 Å². The van der Waals surface area contributed by atoms with Gasteiger partial charge in [-0.15, -0.1) is 0 Å². The normalized spacial score (nSPS) is 9.30. The molecule has 0 aliphatic rings. The Morgan fingerprint density at radius 2 is 1.70 bits per heavy atom. The Hall–Kier alpha value is -0.820. The minimum absolute atomic E-state index is 0. The zero-order valence-corrected chi connectivity index (χ0v) is 6.62. The van der Waals surface area contributed by atoms with Crippen molar-refractivity contribution in [3.63, 3.8) is 0 Å². The molecule has 0 aliphatic carbocycles. The summed E-state index contributed by atoms with van der Waals surface area (Å²) in [4.78, 5) is 0. The summed E-state index contributed by atoms with van der Waals surface area (Å²) in [5.41, 5.74) is 0. The van der Waals surface area contributed by atoms with Crippen LogP contribution in [-0.4, -0.2) is 0 Å². The van der Waals surface area contributed by atoms with Crippen molar-refractivity contribution in [2.75, 3.05) is 0 Å². The number of allylic oxidation sites excluding steroid dienone is 1. The van der Waals surface area contributed by atoms with Crippen LogP contribution in [-0.2, 0) is 0 Å². The highest BCUT2D eigenvalue weighted by Crippen LogP contribution is 1.76. The van der Waals surface area contributed by atoms with Gasteiger partial charge in [0.05, 0.1) is 0 Å². The van der Waals surface area contributed by atoms with Crippen molar-refractivity contribution in [3.8, 4) is 0 Å². The highest BCUT2D eigenvalue weighted by atomic mass is 35.5. The van der Waals surface area contributed by atoms with Gasteiger partial charge in [0, 0.05) is 12.1 Å². The molecule has 0 saturated heterocycles. The number of nitrogens with zero attached hydrogens (tertiary/aromatic N) is 1. The van der Waals surface area contributed by atoms with Crippen LogP contribution >= 0.6 is 0 Å². The molecule has 0 atom stereocenters. The molecule has 54 valence electrons. The molecule has 1 aromatic heterocycles. The second-order valence-corrected chi connectivity index (χ2v) is 1.81. The van der Waals surface area contributed by atoms with Crippen molar-refractivity contribution < 1.29 is 17.0 Å². The molecule has 1 rings (SSSR count). The fourth-order valence-corrected chi connectivity index (χ4v) is 0.683. The largest absolute Gasteiger partial charge is 1.00 e. The van der Waals surface area contributed by atoms with E-state index in [-0.39, 0.29) is 12.4 Å². The van der Waals surface area contributed by atoms with Gasteiger partial charge in [0.1, 0.15) is 0 Å². The highest BCUT2D eigenvalue weighted by molar-refractivity contribution is 5.03. The van der Waals surface area contributed by atoms with Gasteiger partial charge in [-0.25, -0.2) is 0 Å². The first-order chi connectivity index (χ1) is 4.43. The first kappa shape index (κ1) is 9.18. The van der Waals surface area contributed by atoms with Gasteiger partial charge in [-0.05, 0) is 13.0 Å². The Labute approximate surface area is 67.4 Å². The predicted molar refractivity (Wildman–Crippen MR) is 37.6 cm³/mol. The minimum Gasteiger partial charge on any atom is -1.00 e. The summed E-state index contributed by atoms with van der Waals surface area (Å²) < 4.78 is 2.00. The molecule has 0 aliphatic heterocycles. The molecule has 0 spiro atoms. The Morgan fingerprint density at radius 3 is 2.20 bits per heavy atom. The lowest BCUT2D eigenvalue weighted by molar-refractivity contribution is -0.568. The first-order valence-electron chi connectivity index (χ1n) is 3.02. The summed E-state index contributed by atoms with van der Waals surface area (Å²) in [5.74, 6) is 0. The number of pyridine rings is 1. The summed E-state index contributed by atoms with van der Waals surface area (Å²) in [7, 11) is 0. The Kier molecular flexibility index (Phi) is 4.59. The van der Waals surface area contributed by atoms with E-state index in [4.69, 9.17) is 0 Å². The number of aromatic nitrogens is 1. The molecule has 0 N–H and O–H groups in total. The van der Waals surface area contributed by atoms with Crippen LogP contribution in [0.25, 0.3) is 6.20 Å². The molecule has 0 amide bonds. The van der Waals surface area contributed by atoms with E-state index < -0.39 is 0 Å². The van der Waals surface area contributed by atoms with Crippen LogP contribution in [0.2, 0.25) is 0 Å². The lowest BCUT2D eigenvalue weighted by Crippen LogP contribution is -3.00. The Morgan fingerprint density at radius 1 is 1.10 bits per heavy atom. The molecule has 0 radical (unpaired) electrons. The summed E-state index contributed by atoms with van der Waals surface area (Å²) in [5, 5.41) is 0. The van der Waals surface area contributed by atoms with Crippen molar-refractivity contribution in [2.45, 2.75) is 6.92 Å². The molecular weight excluding hydrogens is 146 g/mol. The quantitative estimate of drug-likeness (QED) is 0.434. The molecule has 1 aromatic rings. The van der Waals surface area contributed by atoms with Crippen molar-refractivity contribution in [3.05, 3.63) is 36.7 Å². The summed E-state index contributed by atoms with van der Waals surface area (Å²) in [6.45, 7) is 2.00. The third-order valence-electron chi connectivity index (χ3n) is 1.06. The second kappa shape index (κ2) is 5.00. The van der Waals surface area contributed by atoms with Crippen LogP contribution in [0.1, 0.15) is 6.92 Å². The monoisotopic (exact) mass is 155 g/mol. The maximum Gasteiger partial charge on any atom is 0.174 e. The zero-order valence-electron chi connectivity index (χ0n) is 5.87. The average molecular weight is 156 g/mol. The molecule has 0 bridgehead atoms. The minimum atomic E-state index is 0. The van der Waals surface area contributed by atoms with E-state index in [2.05, 4.69) is 0 Å². The van der Waals surface area contributed by atoms with Crippen molar-refractivity contribution >= 4 is 6.20 Å². The van der Waals surface area contributed by atoms with Crippen LogP contribution in [0, 0.1) is 0 Å². The molecule has 2 heteroatoms. The Bertz CT molecular complexity index is 194. The highest BCUT2D eigenvalue weighted by Gasteiger charge is 1.84. The van der Waals surface area contributed by atoms with Gasteiger partial charge in [0.15, 0.2) is 18.6 Å². The van der Waals surface area contributed by atoms with Crippen molar-refractivity contribution in [1.82, 2.24) is 0 Å². The maximum atomic E-state index is 2.00. The van der Waals surface area contributed by atoms with Gasteiger partial charge in [-0.1, -0.05) is 6.07 Å². The number of halogens is 1. The van der Waals surface area contributed by atoms with Crippen LogP contribution in [0.5, 0.6) is 0 Å². The molecule has 10 heavy (non-hydrogen) atoms. The van der Waals surface area contributed by atoms with Gasteiger partial charge < -0.3 is 12.4 Å². The van der Waals surface area contributed by atoms with Crippen molar-refractivity contribution in [1.29, 1.82) is 0 Å². The topological polar surface area (TPSA) is 3.88 Å². The molecule has 1 heterocycles. The molecule has 0 saturated carbocycles. The van der Waals surface area contributed by atoms with E-state index in [1.165, 1.54) is 0 Å². The summed E-state index contributed by atoms with van der Waals surface area (Å²) in [6.07, 6.45) is 8.00. The van der Waals surface area contributed by atoms with Crippen LogP contribution in [0.15, 0.2) is 36.7 Å². The SMILES string of the molecule is CC=C[n+]1ccccc1.[Cl-]. The van der Waals surface area contributed by atoms with Crippen LogP contribution in [0.3, 0.4) is 0 Å². The predicted octanol–water partition coefficient (Wildman–Crippen LogP) is -1.53. The van der Waals surface area contributed by atoms with E-state index in [9.17, 15) is 0 Å². The number of rotatable bonds is 1. The smallest absolute Gasteiger partial charge is 0.174 e. The fraction of sp³-hybridized carbons (Fsp3) is 0.125. The third-order valence-corrected chi connectivity index (χ3v) is 1.06. The molecule has 1 nitrogen and oxygen atoms in total. The first-order valence-corrected chi connectivity index (χ1v) is 3.02. The van der Waals surface area contributed by atoms with E-state index >= 15 is 0 Å². The third kappa shape index (κ3) is 2.65. The van der Waals surface area contributed by atoms with Crippen LogP contribution in [0.4, 0.5) is 0 Å². The van der Waals surface area contributed by atoms with Crippen molar-refractivity contribution in [2.24, 2.45) is 0 Å². The molecule has 0 fully saturated rings. The molecule has 0 unspecified atom stereocenters. The number of hydrogen-bond acceptors (Lipinski definition) is 0. The maximum absolute atomic E-state index is 2.00. The Balaban J connectivity index is 0.000000810. The lowest BCUT2D eigenvalue weighted by atomic mass is 10.5. The van der Waals surface area contributed by atoms with E-state index in [1.807, 2.05) is 54.4 Å². The summed E-state index contributed by atoms with van der Waals surface area (Å²) >= 11 is 0. The lowest BCUT2D eigenvalue weighted by Gasteiger charge is -1.80. The second-order valence-electron chi connectivity index (χ2n) is 1.81.